The van der Waals surface area contributed by atoms with Gasteiger partial charge in [-0.1, -0.05) is 30.3 Å². The molecule has 21 heavy (non-hydrogen) atoms. The minimum absolute atomic E-state index is 0.122. The van der Waals surface area contributed by atoms with Crippen LogP contribution < -0.4 is 4.90 Å². The largest absolute Gasteiger partial charge is 0.367 e. The van der Waals surface area contributed by atoms with Gasteiger partial charge in [0.2, 0.25) is 0 Å². The summed E-state index contributed by atoms with van der Waals surface area (Å²) in [5.41, 5.74) is 4.01. The Bertz CT molecular complexity index is 789. The van der Waals surface area contributed by atoms with Crippen molar-refractivity contribution in [2.45, 2.75) is 6.92 Å². The predicted molar refractivity (Wildman–Crippen MR) is 87.1 cm³/mol. The van der Waals surface area contributed by atoms with E-state index in [1.807, 2.05) is 48.3 Å². The number of carbonyl (C=O) groups is 1. The molecule has 3 aromatic rings. The summed E-state index contributed by atoms with van der Waals surface area (Å²) in [6, 6.07) is 16.1. The van der Waals surface area contributed by atoms with E-state index in [0.717, 1.165) is 22.2 Å². The zero-order chi connectivity index (χ0) is 14.8. The van der Waals surface area contributed by atoms with Crippen molar-refractivity contribution in [2.24, 2.45) is 0 Å². The Kier molecular flexibility index (Phi) is 3.48. The fourth-order valence-corrected chi connectivity index (χ4v) is 2.56. The van der Waals surface area contributed by atoms with E-state index in [2.05, 4.69) is 24.0 Å². The zero-order valence-corrected chi connectivity index (χ0v) is 12.3. The van der Waals surface area contributed by atoms with Gasteiger partial charge < -0.3 is 9.88 Å². The van der Waals surface area contributed by atoms with E-state index in [1.165, 1.54) is 5.56 Å². The Morgan fingerprint density at radius 3 is 2.76 bits per heavy atom. The fourth-order valence-electron chi connectivity index (χ4n) is 2.56. The number of nitrogens with one attached hydrogen (secondary N) is 1. The second kappa shape index (κ2) is 5.44. The van der Waals surface area contributed by atoms with Crippen LogP contribution in [0.2, 0.25) is 0 Å². The Morgan fingerprint density at radius 1 is 1.14 bits per heavy atom. The van der Waals surface area contributed by atoms with Gasteiger partial charge >= 0.3 is 0 Å². The van der Waals surface area contributed by atoms with E-state index < -0.39 is 0 Å². The van der Waals surface area contributed by atoms with Crippen LogP contribution in [0.4, 0.5) is 5.69 Å². The molecule has 0 aliphatic rings. The summed E-state index contributed by atoms with van der Waals surface area (Å²) in [6.45, 7) is 2.42. The van der Waals surface area contributed by atoms with Gasteiger partial charge in [0, 0.05) is 35.4 Å². The average Bonchev–Trinajstić information content (AvgIpc) is 2.91. The number of H-pyrrole nitrogens is 1. The monoisotopic (exact) mass is 278 g/mol. The molecule has 0 radical (unpaired) electrons. The number of aromatic nitrogens is 1. The first-order valence-corrected chi connectivity index (χ1v) is 7.02. The minimum atomic E-state index is 0.122. The molecule has 3 rings (SSSR count). The summed E-state index contributed by atoms with van der Waals surface area (Å²) >= 11 is 0. The number of anilines is 1. The van der Waals surface area contributed by atoms with Gasteiger partial charge in [-0.3, -0.25) is 4.79 Å². The molecule has 0 aliphatic carbocycles. The smallest absolute Gasteiger partial charge is 0.184 e. The first-order chi connectivity index (χ1) is 10.1. The highest BCUT2D eigenvalue weighted by atomic mass is 16.1. The topological polar surface area (TPSA) is 36.1 Å². The number of rotatable bonds is 4. The third kappa shape index (κ3) is 2.68. The van der Waals surface area contributed by atoms with Crippen LogP contribution in [0.3, 0.4) is 0 Å². The average molecular weight is 278 g/mol. The highest BCUT2D eigenvalue weighted by Gasteiger charge is 2.14. The van der Waals surface area contributed by atoms with E-state index in [0.29, 0.717) is 6.54 Å². The van der Waals surface area contributed by atoms with E-state index in [9.17, 15) is 4.79 Å². The molecule has 3 nitrogen and oxygen atoms in total. The highest BCUT2D eigenvalue weighted by Crippen LogP contribution is 2.20. The molecule has 106 valence electrons. The molecule has 1 heterocycles. The third-order valence-electron chi connectivity index (χ3n) is 3.71. The highest BCUT2D eigenvalue weighted by molar-refractivity contribution is 6.09. The molecule has 0 saturated heterocycles. The number of Topliss-reactive ketones (excluding diaryl/α,β-unsaturated/α-hetero) is 1. The lowest BCUT2D eigenvalue weighted by Crippen LogP contribution is -2.25. The fraction of sp³-hybridized carbons (Fsp3) is 0.167. The van der Waals surface area contributed by atoms with Gasteiger partial charge in [0.1, 0.15) is 0 Å². The van der Waals surface area contributed by atoms with Crippen LogP contribution in [0.25, 0.3) is 10.9 Å². The van der Waals surface area contributed by atoms with Crippen molar-refractivity contribution in [3.05, 3.63) is 65.9 Å². The molecular formula is C18H18N2O. The first-order valence-electron chi connectivity index (χ1n) is 7.02. The number of para-hydroxylation sites is 1. The maximum Gasteiger partial charge on any atom is 0.184 e. The molecule has 1 aromatic heterocycles. The van der Waals surface area contributed by atoms with Gasteiger partial charge in [-0.25, -0.2) is 0 Å². The number of likely N-dealkylation sites (N-methyl/N-ethyl adjacent to an activating group) is 1. The molecule has 0 amide bonds. The standard InChI is InChI=1S/C18H18N2O/c1-13-6-5-7-14(10-13)20(2)12-18(21)16-11-19-17-9-4-3-8-15(16)17/h3-11,19H,12H2,1-2H3. The van der Waals surface area contributed by atoms with Crippen LogP contribution in [0.5, 0.6) is 0 Å². The summed E-state index contributed by atoms with van der Waals surface area (Å²) in [6.07, 6.45) is 1.80. The number of hydrogen-bond donors (Lipinski definition) is 1. The number of fused-ring (bicyclic) bond motifs is 1. The second-order valence-corrected chi connectivity index (χ2v) is 5.37. The van der Waals surface area contributed by atoms with E-state index >= 15 is 0 Å². The van der Waals surface area contributed by atoms with E-state index in [4.69, 9.17) is 0 Å². The lowest BCUT2D eigenvalue weighted by molar-refractivity contribution is 0.100. The minimum Gasteiger partial charge on any atom is -0.367 e. The number of aryl methyl sites for hydroxylation is 1. The van der Waals surface area contributed by atoms with Crippen molar-refractivity contribution in [2.75, 3.05) is 18.5 Å². The number of hydrogen-bond acceptors (Lipinski definition) is 2. The molecule has 0 saturated carbocycles. The molecular weight excluding hydrogens is 260 g/mol. The summed E-state index contributed by atoms with van der Waals surface area (Å²) < 4.78 is 0. The molecule has 0 aliphatic heterocycles. The molecule has 0 fully saturated rings. The van der Waals surface area contributed by atoms with Gasteiger partial charge in [0.05, 0.1) is 6.54 Å². The van der Waals surface area contributed by atoms with Crippen molar-refractivity contribution in [1.29, 1.82) is 0 Å². The summed E-state index contributed by atoms with van der Waals surface area (Å²) in [5, 5.41) is 0.986. The molecule has 0 unspecified atom stereocenters. The number of aromatic amines is 1. The first kappa shape index (κ1) is 13.4. The molecule has 3 heteroatoms. The van der Waals surface area contributed by atoms with E-state index in [1.54, 1.807) is 6.20 Å². The zero-order valence-electron chi connectivity index (χ0n) is 12.3. The number of carbonyl (C=O) groups excluding carboxylic acids is 1. The van der Waals surface area contributed by atoms with Crippen molar-refractivity contribution < 1.29 is 4.79 Å². The van der Waals surface area contributed by atoms with Crippen LogP contribution in [-0.4, -0.2) is 24.4 Å². The lowest BCUT2D eigenvalue weighted by Gasteiger charge is -2.18. The summed E-state index contributed by atoms with van der Waals surface area (Å²) in [4.78, 5) is 17.7. The summed E-state index contributed by atoms with van der Waals surface area (Å²) in [7, 11) is 1.95. The number of nitrogens with zero attached hydrogens (tertiary/aromatic N) is 1. The normalized spacial score (nSPS) is 10.8. The van der Waals surface area contributed by atoms with Crippen molar-refractivity contribution >= 4 is 22.4 Å². The number of ketones is 1. The van der Waals surface area contributed by atoms with Gasteiger partial charge in [0.25, 0.3) is 0 Å². The van der Waals surface area contributed by atoms with Gasteiger partial charge in [0.15, 0.2) is 5.78 Å². The third-order valence-corrected chi connectivity index (χ3v) is 3.71. The van der Waals surface area contributed by atoms with Crippen LogP contribution in [0.1, 0.15) is 15.9 Å². The van der Waals surface area contributed by atoms with Crippen LogP contribution in [0.15, 0.2) is 54.7 Å². The molecule has 0 atom stereocenters. The predicted octanol–water partition coefficient (Wildman–Crippen LogP) is 3.80. The lowest BCUT2D eigenvalue weighted by atomic mass is 10.1. The van der Waals surface area contributed by atoms with Crippen molar-refractivity contribution in [1.82, 2.24) is 4.98 Å². The quantitative estimate of drug-likeness (QED) is 0.737. The molecule has 2 aromatic carbocycles. The molecule has 1 N–H and O–H groups in total. The second-order valence-electron chi connectivity index (χ2n) is 5.37. The molecule has 0 spiro atoms. The van der Waals surface area contributed by atoms with Gasteiger partial charge in [-0.15, -0.1) is 0 Å². The van der Waals surface area contributed by atoms with Gasteiger partial charge in [-0.2, -0.15) is 0 Å². The SMILES string of the molecule is Cc1cccc(N(C)CC(=O)c2c[nH]c3ccccc23)c1. The Hall–Kier alpha value is -2.55. The van der Waals surface area contributed by atoms with Gasteiger partial charge in [-0.05, 0) is 30.7 Å². The van der Waals surface area contributed by atoms with Crippen molar-refractivity contribution in [3.8, 4) is 0 Å². The Balaban J connectivity index is 1.83. The maximum atomic E-state index is 12.5. The number of benzene rings is 2. The van der Waals surface area contributed by atoms with Crippen LogP contribution in [-0.2, 0) is 0 Å². The van der Waals surface area contributed by atoms with Crippen molar-refractivity contribution in [3.63, 3.8) is 0 Å². The van der Waals surface area contributed by atoms with Crippen LogP contribution >= 0.6 is 0 Å². The molecule has 0 bridgehead atoms. The van der Waals surface area contributed by atoms with E-state index in [-0.39, 0.29) is 5.78 Å². The maximum absolute atomic E-state index is 12.5. The Morgan fingerprint density at radius 2 is 1.95 bits per heavy atom. The Labute approximate surface area is 124 Å². The summed E-state index contributed by atoms with van der Waals surface area (Å²) in [5.74, 6) is 0.122. The van der Waals surface area contributed by atoms with Crippen LogP contribution in [0, 0.1) is 6.92 Å².